The maximum Gasteiger partial charge on any atom is 0.157 e. The minimum absolute atomic E-state index is 0.195. The third kappa shape index (κ3) is 3.07. The first-order valence-electron chi connectivity index (χ1n) is 12.4. The summed E-state index contributed by atoms with van der Waals surface area (Å²) in [6.07, 6.45) is 15.6. The predicted molar refractivity (Wildman–Crippen MR) is 118 cm³/mol. The van der Waals surface area contributed by atoms with Gasteiger partial charge >= 0.3 is 0 Å². The van der Waals surface area contributed by atoms with Crippen molar-refractivity contribution in [2.75, 3.05) is 7.11 Å². The third-order valence-electron chi connectivity index (χ3n) is 10.5. The molecule has 166 valence electrons. The van der Waals surface area contributed by atoms with Crippen LogP contribution in [0.3, 0.4) is 0 Å². The van der Waals surface area contributed by atoms with Gasteiger partial charge in [0.2, 0.25) is 0 Å². The molecule has 8 atom stereocenters. The molecular formula is C26H40N2O2. The van der Waals surface area contributed by atoms with Crippen LogP contribution in [0, 0.1) is 46.3 Å². The van der Waals surface area contributed by atoms with Crippen LogP contribution in [-0.2, 0) is 11.3 Å². The molecule has 0 spiro atoms. The minimum atomic E-state index is 0.195. The maximum atomic E-state index is 13.4. The number of rotatable bonds is 4. The van der Waals surface area contributed by atoms with Crippen molar-refractivity contribution < 1.29 is 9.53 Å². The largest absolute Gasteiger partial charge is 0.493 e. The molecule has 7 unspecified atom stereocenters. The van der Waals surface area contributed by atoms with Crippen molar-refractivity contribution in [2.45, 2.75) is 85.1 Å². The number of Topliss-reactive ketones (excluding diaryl/α,β-unsaturated/α-hetero) is 1. The van der Waals surface area contributed by atoms with E-state index in [1.807, 2.05) is 6.20 Å². The number of fused-ring (bicyclic) bond motifs is 5. The highest BCUT2D eigenvalue weighted by molar-refractivity contribution is 5.82. The number of hydrogen-bond acceptors (Lipinski definition) is 3. The molecule has 5 rings (SSSR count). The van der Waals surface area contributed by atoms with Crippen molar-refractivity contribution in [2.24, 2.45) is 46.3 Å². The Bertz CT molecular complexity index is 803. The Morgan fingerprint density at radius 2 is 1.87 bits per heavy atom. The fourth-order valence-corrected chi connectivity index (χ4v) is 8.81. The zero-order valence-corrected chi connectivity index (χ0v) is 19.4. The van der Waals surface area contributed by atoms with Crippen LogP contribution in [0.25, 0.3) is 0 Å². The van der Waals surface area contributed by atoms with Crippen molar-refractivity contribution in [1.29, 1.82) is 0 Å². The highest BCUT2D eigenvalue weighted by atomic mass is 16.5. The van der Waals surface area contributed by atoms with Gasteiger partial charge in [0.25, 0.3) is 0 Å². The molecule has 4 aliphatic rings. The first kappa shape index (κ1) is 20.6. The fourth-order valence-electron chi connectivity index (χ4n) is 8.81. The lowest BCUT2D eigenvalue weighted by Crippen LogP contribution is -2.53. The summed E-state index contributed by atoms with van der Waals surface area (Å²) < 4.78 is 6.99. The zero-order valence-electron chi connectivity index (χ0n) is 19.4. The van der Waals surface area contributed by atoms with E-state index < -0.39 is 0 Å². The van der Waals surface area contributed by atoms with E-state index in [2.05, 4.69) is 25.9 Å². The summed E-state index contributed by atoms with van der Waals surface area (Å²) >= 11 is 0. The van der Waals surface area contributed by atoms with Crippen LogP contribution in [0.5, 0.6) is 5.75 Å². The molecule has 0 saturated heterocycles. The van der Waals surface area contributed by atoms with Crippen molar-refractivity contribution in [1.82, 2.24) is 9.78 Å². The van der Waals surface area contributed by atoms with Gasteiger partial charge in [-0.05, 0) is 91.8 Å². The Morgan fingerprint density at radius 1 is 1.10 bits per heavy atom. The van der Waals surface area contributed by atoms with Crippen LogP contribution in [0.1, 0.15) is 78.6 Å². The Hall–Kier alpha value is -1.32. The quantitative estimate of drug-likeness (QED) is 0.632. The van der Waals surface area contributed by atoms with Gasteiger partial charge in [-0.1, -0.05) is 27.2 Å². The lowest BCUT2D eigenvalue weighted by molar-refractivity contribution is -0.137. The molecule has 1 aromatic rings. The van der Waals surface area contributed by atoms with Crippen LogP contribution in [0.2, 0.25) is 0 Å². The van der Waals surface area contributed by atoms with Crippen molar-refractivity contribution in [3.63, 3.8) is 0 Å². The van der Waals surface area contributed by atoms with E-state index in [-0.39, 0.29) is 11.3 Å². The highest BCUT2D eigenvalue weighted by Crippen LogP contribution is 2.67. The van der Waals surface area contributed by atoms with E-state index in [0.29, 0.717) is 17.7 Å². The van der Waals surface area contributed by atoms with Gasteiger partial charge in [-0.25, -0.2) is 0 Å². The van der Waals surface area contributed by atoms with Crippen LogP contribution in [0.15, 0.2) is 12.4 Å². The number of ether oxygens (including phenoxy) is 1. The van der Waals surface area contributed by atoms with Gasteiger partial charge in [-0.2, -0.15) is 5.10 Å². The van der Waals surface area contributed by atoms with Crippen LogP contribution >= 0.6 is 0 Å². The van der Waals surface area contributed by atoms with Crippen molar-refractivity contribution >= 4 is 5.78 Å². The lowest BCUT2D eigenvalue weighted by Gasteiger charge is -2.61. The summed E-state index contributed by atoms with van der Waals surface area (Å²) in [6, 6.07) is 0. The third-order valence-corrected chi connectivity index (χ3v) is 10.5. The molecule has 30 heavy (non-hydrogen) atoms. The monoisotopic (exact) mass is 412 g/mol. The molecule has 4 aliphatic carbocycles. The van der Waals surface area contributed by atoms with Gasteiger partial charge in [0.1, 0.15) is 0 Å². The van der Waals surface area contributed by atoms with Crippen LogP contribution in [0.4, 0.5) is 0 Å². The second-order valence-electron chi connectivity index (χ2n) is 11.8. The Kier molecular flexibility index (Phi) is 5.06. The highest BCUT2D eigenvalue weighted by Gasteiger charge is 2.60. The van der Waals surface area contributed by atoms with E-state index >= 15 is 0 Å². The van der Waals surface area contributed by atoms with Gasteiger partial charge in [0.15, 0.2) is 11.5 Å². The second kappa shape index (κ2) is 7.38. The standard InChI is InChI=1S/C26H40N2O2/c1-17-9-11-25(2)18(13-17)5-6-20-21-7-8-23(26(21,3)12-10-22(20)25)24(29)16-28-15-19(30-4)14-27-28/h14-15,17-18,20-23H,5-13,16H2,1-4H3/t17?,18?,20?,21?,22?,23-,25?,26?/m1/s1. The summed E-state index contributed by atoms with van der Waals surface area (Å²) in [7, 11) is 1.65. The molecule has 1 aromatic heterocycles. The molecule has 1 heterocycles. The zero-order chi connectivity index (χ0) is 21.1. The summed E-state index contributed by atoms with van der Waals surface area (Å²) in [5.41, 5.74) is 0.755. The van der Waals surface area contributed by atoms with E-state index in [1.165, 1.54) is 51.4 Å². The number of carbonyl (C=O) groups is 1. The summed E-state index contributed by atoms with van der Waals surface area (Å²) in [4.78, 5) is 13.4. The van der Waals surface area contributed by atoms with E-state index in [9.17, 15) is 4.79 Å². The molecular weight excluding hydrogens is 372 g/mol. The molecule has 4 heteroatoms. The molecule has 4 fully saturated rings. The molecule has 4 saturated carbocycles. The van der Waals surface area contributed by atoms with Gasteiger partial charge in [-0.3, -0.25) is 9.48 Å². The molecule has 0 amide bonds. The SMILES string of the molecule is COc1cnn(CC(=O)[C@H]2CCC3C4CCC5CC(C)CCC5(C)C4CCC32C)c1. The Morgan fingerprint density at radius 3 is 2.63 bits per heavy atom. The van der Waals surface area contributed by atoms with Crippen LogP contribution < -0.4 is 4.74 Å². The van der Waals surface area contributed by atoms with Crippen molar-refractivity contribution in [3.05, 3.63) is 12.4 Å². The Labute approximate surface area is 182 Å². The van der Waals surface area contributed by atoms with Gasteiger partial charge in [0.05, 0.1) is 26.0 Å². The molecule has 0 radical (unpaired) electrons. The number of carbonyl (C=O) groups excluding carboxylic acids is 1. The number of ketones is 1. The first-order valence-corrected chi connectivity index (χ1v) is 12.4. The maximum absolute atomic E-state index is 13.4. The molecule has 0 aromatic carbocycles. The molecule has 0 N–H and O–H groups in total. The summed E-state index contributed by atoms with van der Waals surface area (Å²) in [5, 5.41) is 4.32. The number of aromatic nitrogens is 2. The topological polar surface area (TPSA) is 44.1 Å². The minimum Gasteiger partial charge on any atom is -0.493 e. The lowest BCUT2D eigenvalue weighted by atomic mass is 9.44. The van der Waals surface area contributed by atoms with Gasteiger partial charge in [-0.15, -0.1) is 0 Å². The number of hydrogen-bond donors (Lipinski definition) is 0. The average Bonchev–Trinajstić information content (AvgIpc) is 3.32. The number of nitrogens with zero attached hydrogens (tertiary/aromatic N) is 2. The van der Waals surface area contributed by atoms with E-state index in [0.717, 1.165) is 41.8 Å². The fraction of sp³-hybridized carbons (Fsp3) is 0.846. The normalized spacial score (nSPS) is 45.3. The smallest absolute Gasteiger partial charge is 0.157 e. The molecule has 0 bridgehead atoms. The first-order chi connectivity index (χ1) is 14.3. The molecule has 4 nitrogen and oxygen atoms in total. The second-order valence-corrected chi connectivity index (χ2v) is 11.8. The summed E-state index contributed by atoms with van der Waals surface area (Å²) in [5.74, 6) is 5.67. The van der Waals surface area contributed by atoms with Gasteiger partial charge < -0.3 is 4.74 Å². The van der Waals surface area contributed by atoms with E-state index in [4.69, 9.17) is 4.74 Å². The van der Waals surface area contributed by atoms with E-state index in [1.54, 1.807) is 18.0 Å². The predicted octanol–water partition coefficient (Wildman–Crippen LogP) is 5.76. The van der Waals surface area contributed by atoms with Crippen LogP contribution in [-0.4, -0.2) is 22.7 Å². The van der Waals surface area contributed by atoms with Crippen molar-refractivity contribution in [3.8, 4) is 5.75 Å². The average molecular weight is 413 g/mol. The summed E-state index contributed by atoms with van der Waals surface area (Å²) in [6.45, 7) is 7.96. The Balaban J connectivity index is 1.33. The van der Waals surface area contributed by atoms with Gasteiger partial charge in [0, 0.05) is 5.92 Å². The number of methoxy groups -OCH3 is 1. The molecule has 0 aliphatic heterocycles.